The molecule has 0 unspecified atom stereocenters. The van der Waals surface area contributed by atoms with Gasteiger partial charge in [-0.3, -0.25) is 9.78 Å². The summed E-state index contributed by atoms with van der Waals surface area (Å²) in [5.74, 6) is 2.18. The molecule has 29 heavy (non-hydrogen) atoms. The van der Waals surface area contributed by atoms with Crippen LogP contribution in [0.25, 0.3) is 5.69 Å². The monoisotopic (exact) mass is 390 g/mol. The standard InChI is InChI=1S/C21H22N6O2/c1-14-5-6-25(11-14)19-4-3-16(9-23-19)27-13-15-12-26(21(28)20(15)24-27)17-7-18(29-2)10-22-8-17/h3-4,7-10,13-14H,5-6,11-12H2,1-2H3/t14-/m0/s1. The van der Waals surface area contributed by atoms with Crippen molar-refractivity contribution < 1.29 is 9.53 Å². The van der Waals surface area contributed by atoms with Crippen LogP contribution in [0.3, 0.4) is 0 Å². The van der Waals surface area contributed by atoms with Crippen molar-refractivity contribution in [2.75, 3.05) is 30.0 Å². The summed E-state index contributed by atoms with van der Waals surface area (Å²) in [5.41, 5.74) is 2.89. The van der Waals surface area contributed by atoms with Crippen LogP contribution in [0.1, 0.15) is 29.4 Å². The number of amides is 1. The maximum Gasteiger partial charge on any atom is 0.279 e. The zero-order valence-corrected chi connectivity index (χ0v) is 16.4. The molecule has 148 valence electrons. The van der Waals surface area contributed by atoms with E-state index >= 15 is 0 Å². The van der Waals surface area contributed by atoms with E-state index in [0.29, 0.717) is 29.6 Å². The van der Waals surface area contributed by atoms with Crippen LogP contribution in [0.4, 0.5) is 11.5 Å². The second-order valence-electron chi connectivity index (χ2n) is 7.64. The van der Waals surface area contributed by atoms with Crippen molar-refractivity contribution in [3.63, 3.8) is 0 Å². The Balaban J connectivity index is 1.36. The maximum absolute atomic E-state index is 12.9. The van der Waals surface area contributed by atoms with Crippen LogP contribution in [0.2, 0.25) is 0 Å². The Morgan fingerprint density at radius 3 is 2.76 bits per heavy atom. The fraction of sp³-hybridized carbons (Fsp3) is 0.333. The lowest BCUT2D eigenvalue weighted by Gasteiger charge is -2.17. The number of ether oxygens (including phenoxy) is 1. The van der Waals surface area contributed by atoms with Gasteiger partial charge in [0.1, 0.15) is 11.6 Å². The van der Waals surface area contributed by atoms with E-state index in [-0.39, 0.29) is 5.91 Å². The van der Waals surface area contributed by atoms with E-state index in [0.717, 1.165) is 30.2 Å². The smallest absolute Gasteiger partial charge is 0.279 e. The van der Waals surface area contributed by atoms with Crippen LogP contribution >= 0.6 is 0 Å². The Kier molecular flexibility index (Phi) is 4.19. The minimum atomic E-state index is -0.135. The Morgan fingerprint density at radius 1 is 1.17 bits per heavy atom. The molecule has 0 saturated carbocycles. The van der Waals surface area contributed by atoms with E-state index in [4.69, 9.17) is 4.74 Å². The second-order valence-corrected chi connectivity index (χ2v) is 7.64. The largest absolute Gasteiger partial charge is 0.495 e. The molecule has 3 aromatic rings. The number of fused-ring (bicyclic) bond motifs is 1. The lowest BCUT2D eigenvalue weighted by atomic mass is 10.2. The van der Waals surface area contributed by atoms with E-state index in [1.54, 1.807) is 35.2 Å². The van der Waals surface area contributed by atoms with Gasteiger partial charge < -0.3 is 14.5 Å². The highest BCUT2D eigenvalue weighted by atomic mass is 16.5. The van der Waals surface area contributed by atoms with Crippen molar-refractivity contribution in [3.8, 4) is 11.4 Å². The van der Waals surface area contributed by atoms with Crippen LogP contribution in [-0.2, 0) is 6.54 Å². The zero-order chi connectivity index (χ0) is 20.0. The lowest BCUT2D eigenvalue weighted by Crippen LogP contribution is -2.24. The lowest BCUT2D eigenvalue weighted by molar-refractivity contribution is 0.0991. The molecule has 5 rings (SSSR count). The summed E-state index contributed by atoms with van der Waals surface area (Å²) >= 11 is 0. The topological polar surface area (TPSA) is 76.4 Å². The molecule has 0 N–H and O–H groups in total. The van der Waals surface area contributed by atoms with Gasteiger partial charge in [0.25, 0.3) is 5.91 Å². The molecule has 5 heterocycles. The van der Waals surface area contributed by atoms with Crippen LogP contribution < -0.4 is 14.5 Å². The Hall–Kier alpha value is -3.42. The number of carbonyl (C=O) groups excluding carboxylic acids is 1. The van der Waals surface area contributed by atoms with Gasteiger partial charge in [-0.25, -0.2) is 9.67 Å². The molecule has 2 aliphatic heterocycles. The minimum absolute atomic E-state index is 0.135. The molecule has 0 aromatic carbocycles. The van der Waals surface area contributed by atoms with Crippen molar-refractivity contribution in [1.82, 2.24) is 19.7 Å². The van der Waals surface area contributed by atoms with Crippen LogP contribution in [-0.4, -0.2) is 45.9 Å². The summed E-state index contributed by atoms with van der Waals surface area (Å²) in [6.07, 6.45) is 8.19. The van der Waals surface area contributed by atoms with E-state index < -0.39 is 0 Å². The Morgan fingerprint density at radius 2 is 2.07 bits per heavy atom. The summed E-state index contributed by atoms with van der Waals surface area (Å²) in [6, 6.07) is 5.82. The third-order valence-corrected chi connectivity index (χ3v) is 5.56. The first-order chi connectivity index (χ1) is 14.1. The molecule has 1 atom stereocenters. The third-order valence-electron chi connectivity index (χ3n) is 5.56. The average molecular weight is 390 g/mol. The molecule has 0 aliphatic carbocycles. The van der Waals surface area contributed by atoms with Gasteiger partial charge in [0.2, 0.25) is 0 Å². The number of methoxy groups -OCH3 is 1. The molecule has 2 aliphatic rings. The first-order valence-corrected chi connectivity index (χ1v) is 9.73. The summed E-state index contributed by atoms with van der Waals surface area (Å²) in [4.78, 5) is 25.6. The number of aromatic nitrogens is 4. The van der Waals surface area contributed by atoms with Crippen LogP contribution in [0.15, 0.2) is 43.0 Å². The fourth-order valence-electron chi connectivity index (χ4n) is 3.93. The van der Waals surface area contributed by atoms with Crippen LogP contribution in [0.5, 0.6) is 5.75 Å². The normalized spacial score (nSPS) is 18.4. The van der Waals surface area contributed by atoms with Crippen molar-refractivity contribution >= 4 is 17.4 Å². The predicted molar refractivity (Wildman–Crippen MR) is 109 cm³/mol. The van der Waals surface area contributed by atoms with Crippen molar-refractivity contribution in [2.45, 2.75) is 19.9 Å². The summed E-state index contributed by atoms with van der Waals surface area (Å²) in [6.45, 7) is 4.82. The highest BCUT2D eigenvalue weighted by Gasteiger charge is 2.32. The van der Waals surface area contributed by atoms with Gasteiger partial charge in [-0.05, 0) is 24.5 Å². The third kappa shape index (κ3) is 3.10. The maximum atomic E-state index is 12.9. The van der Waals surface area contributed by atoms with E-state index in [1.165, 1.54) is 6.42 Å². The minimum Gasteiger partial charge on any atom is -0.495 e. The van der Waals surface area contributed by atoms with Gasteiger partial charge in [-0.15, -0.1) is 0 Å². The predicted octanol–water partition coefficient (Wildman–Crippen LogP) is 2.68. The molecular weight excluding hydrogens is 368 g/mol. The molecule has 1 fully saturated rings. The molecule has 0 spiro atoms. The zero-order valence-electron chi connectivity index (χ0n) is 16.4. The number of carbonyl (C=O) groups is 1. The quantitative estimate of drug-likeness (QED) is 0.682. The average Bonchev–Trinajstić information content (AvgIpc) is 3.44. The number of hydrogen-bond donors (Lipinski definition) is 0. The second kappa shape index (κ2) is 6.88. The number of anilines is 2. The highest BCUT2D eigenvalue weighted by molar-refractivity contribution is 6.08. The number of pyridine rings is 2. The number of rotatable bonds is 4. The highest BCUT2D eigenvalue weighted by Crippen LogP contribution is 2.30. The van der Waals surface area contributed by atoms with Gasteiger partial charge in [0, 0.05) is 30.9 Å². The van der Waals surface area contributed by atoms with Gasteiger partial charge >= 0.3 is 0 Å². The molecule has 0 radical (unpaired) electrons. The first-order valence-electron chi connectivity index (χ1n) is 9.73. The van der Waals surface area contributed by atoms with Gasteiger partial charge in [-0.2, -0.15) is 5.10 Å². The molecule has 8 nitrogen and oxygen atoms in total. The van der Waals surface area contributed by atoms with Crippen molar-refractivity contribution in [1.29, 1.82) is 0 Å². The molecule has 1 saturated heterocycles. The Labute approximate surface area is 168 Å². The molecule has 1 amide bonds. The molecular formula is C21H22N6O2. The fourth-order valence-corrected chi connectivity index (χ4v) is 3.93. The van der Waals surface area contributed by atoms with E-state index in [2.05, 4.69) is 26.9 Å². The van der Waals surface area contributed by atoms with E-state index in [9.17, 15) is 4.79 Å². The summed E-state index contributed by atoms with van der Waals surface area (Å²) in [7, 11) is 1.58. The van der Waals surface area contributed by atoms with Crippen LogP contribution in [0, 0.1) is 5.92 Å². The van der Waals surface area contributed by atoms with Gasteiger partial charge in [-0.1, -0.05) is 6.92 Å². The molecule has 0 bridgehead atoms. The van der Waals surface area contributed by atoms with Gasteiger partial charge in [0.05, 0.1) is 43.6 Å². The SMILES string of the molecule is COc1cncc(N2Cc3cn(-c4ccc(N5CC[C@H](C)C5)nc4)nc3C2=O)c1. The number of nitrogens with zero attached hydrogens (tertiary/aromatic N) is 6. The van der Waals surface area contributed by atoms with Gasteiger partial charge in [0.15, 0.2) is 5.69 Å². The van der Waals surface area contributed by atoms with E-state index in [1.807, 2.05) is 24.5 Å². The first kappa shape index (κ1) is 17.7. The summed E-state index contributed by atoms with van der Waals surface area (Å²) < 4.78 is 6.94. The molecule has 3 aromatic heterocycles. The van der Waals surface area contributed by atoms with Crippen molar-refractivity contribution in [3.05, 3.63) is 54.2 Å². The number of hydrogen-bond acceptors (Lipinski definition) is 6. The molecule has 8 heteroatoms. The Bertz CT molecular complexity index is 1060. The summed E-state index contributed by atoms with van der Waals surface area (Å²) in [5, 5.41) is 4.52. The van der Waals surface area contributed by atoms with Crippen molar-refractivity contribution in [2.24, 2.45) is 5.92 Å².